The Morgan fingerprint density at radius 1 is 1.09 bits per heavy atom. The van der Waals surface area contributed by atoms with Crippen molar-refractivity contribution in [3.05, 3.63) is 64.7 Å². The smallest absolute Gasteiger partial charge is 0.234 e. The van der Waals surface area contributed by atoms with Gasteiger partial charge in [-0.05, 0) is 18.2 Å². The first-order valence-corrected chi connectivity index (χ1v) is 8.16. The quantitative estimate of drug-likeness (QED) is 0.836. The number of hydrogen-bond acceptors (Lipinski definition) is 4. The lowest BCUT2D eigenvalue weighted by molar-refractivity contribution is -0.114. The van der Waals surface area contributed by atoms with Crippen LogP contribution in [-0.4, -0.2) is 22.6 Å². The minimum Gasteiger partial charge on any atom is -0.325 e. The molecule has 0 spiro atoms. The lowest BCUT2D eigenvalue weighted by Gasteiger charge is -2.11. The number of ketones is 1. The van der Waals surface area contributed by atoms with E-state index in [1.165, 1.54) is 13.0 Å². The Morgan fingerprint density at radius 3 is 2.43 bits per heavy atom. The monoisotopic (exact) mass is 347 g/mol. The van der Waals surface area contributed by atoms with Crippen LogP contribution in [0.5, 0.6) is 0 Å². The summed E-state index contributed by atoms with van der Waals surface area (Å²) in [5, 5.41) is 2.91. The van der Waals surface area contributed by atoms with Crippen LogP contribution in [0.25, 0.3) is 0 Å². The summed E-state index contributed by atoms with van der Waals surface area (Å²) >= 11 is 6.88. The van der Waals surface area contributed by atoms with Crippen molar-refractivity contribution in [2.45, 2.75) is 6.92 Å². The van der Waals surface area contributed by atoms with E-state index < -0.39 is 0 Å². The first-order chi connectivity index (χ1) is 11.0. The third kappa shape index (κ3) is 4.94. The van der Waals surface area contributed by atoms with Gasteiger partial charge in [-0.1, -0.05) is 53.7 Å². The number of halogens is 1. The van der Waals surface area contributed by atoms with Gasteiger partial charge in [-0.25, -0.2) is 0 Å². The van der Waals surface area contributed by atoms with E-state index in [0.717, 1.165) is 11.8 Å². The van der Waals surface area contributed by atoms with E-state index in [9.17, 15) is 14.4 Å². The van der Waals surface area contributed by atoms with Gasteiger partial charge in [0.2, 0.25) is 5.91 Å². The maximum atomic E-state index is 12.6. The van der Waals surface area contributed by atoms with E-state index in [1.54, 1.807) is 36.4 Å². The minimum atomic E-state index is -0.352. The predicted molar refractivity (Wildman–Crippen MR) is 93.1 cm³/mol. The standard InChI is InChI=1S/C17H14ClNO3S/c1-11(20)23-10-16(21)19-15-8-7-13(18)9-14(15)17(22)12-5-3-2-4-6-12/h2-9H,10H2,1H3,(H,19,21). The molecule has 0 aliphatic heterocycles. The molecule has 0 aliphatic carbocycles. The fourth-order valence-electron chi connectivity index (χ4n) is 1.91. The normalized spacial score (nSPS) is 10.2. The van der Waals surface area contributed by atoms with Crippen molar-refractivity contribution >= 4 is 45.9 Å². The van der Waals surface area contributed by atoms with Gasteiger partial charge in [0.25, 0.3) is 0 Å². The summed E-state index contributed by atoms with van der Waals surface area (Å²) in [6.07, 6.45) is 0. The number of anilines is 1. The zero-order valence-corrected chi connectivity index (χ0v) is 13.9. The van der Waals surface area contributed by atoms with Crippen molar-refractivity contribution < 1.29 is 14.4 Å². The van der Waals surface area contributed by atoms with Gasteiger partial charge in [0.05, 0.1) is 11.4 Å². The van der Waals surface area contributed by atoms with E-state index in [2.05, 4.69) is 5.32 Å². The number of carbonyl (C=O) groups excluding carboxylic acids is 3. The number of rotatable bonds is 5. The molecule has 6 heteroatoms. The van der Waals surface area contributed by atoms with E-state index in [1.807, 2.05) is 6.07 Å². The predicted octanol–water partition coefficient (Wildman–Crippen LogP) is 3.79. The van der Waals surface area contributed by atoms with Gasteiger partial charge < -0.3 is 5.32 Å². The maximum absolute atomic E-state index is 12.6. The molecule has 0 saturated heterocycles. The Hall–Kier alpha value is -2.11. The molecule has 0 aliphatic rings. The SMILES string of the molecule is CC(=O)SCC(=O)Nc1ccc(Cl)cc1C(=O)c1ccccc1. The summed E-state index contributed by atoms with van der Waals surface area (Å²) < 4.78 is 0. The number of nitrogens with one attached hydrogen (secondary N) is 1. The van der Waals surface area contributed by atoms with Crippen LogP contribution in [0.15, 0.2) is 48.5 Å². The molecule has 23 heavy (non-hydrogen) atoms. The molecule has 0 radical (unpaired) electrons. The molecular formula is C17H14ClNO3S. The summed E-state index contributed by atoms with van der Waals surface area (Å²) in [5.41, 5.74) is 1.19. The van der Waals surface area contributed by atoms with E-state index >= 15 is 0 Å². The highest BCUT2D eigenvalue weighted by molar-refractivity contribution is 8.14. The fourth-order valence-corrected chi connectivity index (χ4v) is 2.49. The van der Waals surface area contributed by atoms with Gasteiger partial charge in [0.1, 0.15) is 0 Å². The second-order valence-electron chi connectivity index (χ2n) is 4.71. The van der Waals surface area contributed by atoms with E-state index in [-0.39, 0.29) is 22.6 Å². The maximum Gasteiger partial charge on any atom is 0.234 e. The van der Waals surface area contributed by atoms with Crippen LogP contribution in [0.4, 0.5) is 5.69 Å². The zero-order valence-electron chi connectivity index (χ0n) is 12.3. The van der Waals surface area contributed by atoms with Gasteiger partial charge in [0.15, 0.2) is 10.9 Å². The lowest BCUT2D eigenvalue weighted by Crippen LogP contribution is -2.17. The van der Waals surface area contributed by atoms with Crippen LogP contribution in [0.2, 0.25) is 5.02 Å². The number of thioether (sulfide) groups is 1. The van der Waals surface area contributed by atoms with Crippen LogP contribution in [0.3, 0.4) is 0 Å². The molecule has 4 nitrogen and oxygen atoms in total. The van der Waals surface area contributed by atoms with E-state index in [0.29, 0.717) is 21.8 Å². The molecule has 0 unspecified atom stereocenters. The molecular weight excluding hydrogens is 334 g/mol. The van der Waals surface area contributed by atoms with Crippen molar-refractivity contribution in [3.8, 4) is 0 Å². The number of hydrogen-bond donors (Lipinski definition) is 1. The van der Waals surface area contributed by atoms with Crippen molar-refractivity contribution in [1.29, 1.82) is 0 Å². The Morgan fingerprint density at radius 2 is 1.78 bits per heavy atom. The second-order valence-corrected chi connectivity index (χ2v) is 6.30. The first-order valence-electron chi connectivity index (χ1n) is 6.80. The Kier molecular flexibility index (Phi) is 5.96. The molecule has 1 amide bonds. The average Bonchev–Trinajstić information content (AvgIpc) is 2.54. The van der Waals surface area contributed by atoms with Crippen molar-refractivity contribution in [3.63, 3.8) is 0 Å². The highest BCUT2D eigenvalue weighted by Gasteiger charge is 2.16. The number of amides is 1. The highest BCUT2D eigenvalue weighted by Crippen LogP contribution is 2.24. The second kappa shape index (κ2) is 7.94. The van der Waals surface area contributed by atoms with Crippen molar-refractivity contribution in [2.75, 3.05) is 11.1 Å². The zero-order chi connectivity index (χ0) is 16.8. The van der Waals surface area contributed by atoms with Crippen molar-refractivity contribution in [2.24, 2.45) is 0 Å². The van der Waals surface area contributed by atoms with Gasteiger partial charge in [-0.3, -0.25) is 14.4 Å². The Bertz CT molecular complexity index is 747. The molecule has 0 atom stereocenters. The molecule has 0 heterocycles. The number of carbonyl (C=O) groups is 3. The Labute approximate surface area is 143 Å². The summed E-state index contributed by atoms with van der Waals surface area (Å²) in [4.78, 5) is 35.4. The van der Waals surface area contributed by atoms with Crippen LogP contribution < -0.4 is 5.32 Å². The Balaban J connectivity index is 2.26. The topological polar surface area (TPSA) is 63.2 Å². The van der Waals surface area contributed by atoms with Crippen LogP contribution in [0, 0.1) is 0 Å². The lowest BCUT2D eigenvalue weighted by atomic mass is 10.0. The summed E-state index contributed by atoms with van der Waals surface area (Å²) in [7, 11) is 0. The molecule has 2 aromatic rings. The molecule has 1 N–H and O–H groups in total. The minimum absolute atomic E-state index is 0.00305. The molecule has 0 saturated carbocycles. The summed E-state index contributed by atoms with van der Waals surface area (Å²) in [6, 6.07) is 13.4. The molecule has 118 valence electrons. The van der Waals surface area contributed by atoms with Gasteiger partial charge in [-0.15, -0.1) is 0 Å². The molecule has 0 bridgehead atoms. The molecule has 0 aromatic heterocycles. The molecule has 2 aromatic carbocycles. The molecule has 0 fully saturated rings. The van der Waals surface area contributed by atoms with Gasteiger partial charge in [-0.2, -0.15) is 0 Å². The average molecular weight is 348 g/mol. The van der Waals surface area contributed by atoms with Gasteiger partial charge >= 0.3 is 0 Å². The highest BCUT2D eigenvalue weighted by atomic mass is 35.5. The van der Waals surface area contributed by atoms with E-state index in [4.69, 9.17) is 11.6 Å². The third-order valence-corrected chi connectivity index (χ3v) is 3.99. The van der Waals surface area contributed by atoms with Crippen LogP contribution in [-0.2, 0) is 9.59 Å². The largest absolute Gasteiger partial charge is 0.325 e. The molecule has 2 rings (SSSR count). The van der Waals surface area contributed by atoms with Gasteiger partial charge in [0, 0.05) is 23.1 Å². The fraction of sp³-hybridized carbons (Fsp3) is 0.118. The summed E-state index contributed by atoms with van der Waals surface area (Å²) in [5.74, 6) is -0.589. The third-order valence-electron chi connectivity index (χ3n) is 2.94. The first kappa shape index (κ1) is 17.2. The van der Waals surface area contributed by atoms with Crippen LogP contribution >= 0.6 is 23.4 Å². The summed E-state index contributed by atoms with van der Waals surface area (Å²) in [6.45, 7) is 1.39. The number of benzene rings is 2. The van der Waals surface area contributed by atoms with Crippen LogP contribution in [0.1, 0.15) is 22.8 Å². The van der Waals surface area contributed by atoms with Crippen molar-refractivity contribution in [1.82, 2.24) is 0 Å².